The monoisotopic (exact) mass is 708 g/mol. The number of ether oxygens (including phenoxy) is 3. The van der Waals surface area contributed by atoms with Gasteiger partial charge in [-0.05, 0) is 44.9 Å². The molecule has 292 valence electrons. The molecule has 8 nitrogen and oxygen atoms in total. The van der Waals surface area contributed by atoms with Crippen LogP contribution in [0, 0.1) is 0 Å². The Hall–Kier alpha value is -2.19. The first kappa shape index (κ1) is 47.8. The second kappa shape index (κ2) is 33.9. The highest BCUT2D eigenvalue weighted by Crippen LogP contribution is 2.14. The molecule has 0 heterocycles. The molecule has 8 heteroatoms. The number of hydrogen-bond acceptors (Lipinski definition) is 7. The molecule has 0 saturated heterocycles. The van der Waals surface area contributed by atoms with E-state index in [2.05, 4.69) is 38.2 Å². The van der Waals surface area contributed by atoms with Crippen molar-refractivity contribution in [3.8, 4) is 0 Å². The predicted molar refractivity (Wildman–Crippen MR) is 204 cm³/mol. The molecule has 0 aromatic heterocycles. The second-order valence-electron chi connectivity index (χ2n) is 14.9. The van der Waals surface area contributed by atoms with Crippen LogP contribution in [0.2, 0.25) is 0 Å². The third kappa shape index (κ3) is 31.8. The summed E-state index contributed by atoms with van der Waals surface area (Å²) in [6.45, 7) is 4.60. The van der Waals surface area contributed by atoms with Gasteiger partial charge >= 0.3 is 11.9 Å². The number of unbranched alkanes of at least 4 members (excludes halogenated alkanes) is 18. The molecule has 0 spiro atoms. The van der Waals surface area contributed by atoms with Gasteiger partial charge in [-0.1, -0.05) is 134 Å². The summed E-state index contributed by atoms with van der Waals surface area (Å²) in [5.41, 5.74) is 0. The van der Waals surface area contributed by atoms with Crippen LogP contribution in [0.4, 0.5) is 0 Å². The lowest BCUT2D eigenvalue weighted by Crippen LogP contribution is -2.55. The first-order chi connectivity index (χ1) is 24.1. The average Bonchev–Trinajstić information content (AvgIpc) is 3.06. The molecule has 0 amide bonds. The van der Waals surface area contributed by atoms with Crippen molar-refractivity contribution in [2.24, 2.45) is 0 Å². The minimum atomic E-state index is -1.13. The summed E-state index contributed by atoms with van der Waals surface area (Å²) in [5, 5.41) is 11.6. The lowest BCUT2D eigenvalue weighted by Gasteiger charge is -2.34. The molecule has 0 saturated carbocycles. The van der Waals surface area contributed by atoms with Crippen LogP contribution >= 0.6 is 0 Å². The van der Waals surface area contributed by atoms with Crippen LogP contribution in [0.5, 0.6) is 0 Å². The zero-order valence-electron chi connectivity index (χ0n) is 33.1. The fourth-order valence-electron chi connectivity index (χ4n) is 5.86. The molecule has 0 fully saturated rings. The minimum Gasteiger partial charge on any atom is -0.544 e. The van der Waals surface area contributed by atoms with Crippen LogP contribution in [0.15, 0.2) is 24.3 Å². The maximum Gasteiger partial charge on any atom is 0.306 e. The molecule has 0 aromatic rings. The molecule has 0 aromatic carbocycles. The van der Waals surface area contributed by atoms with Crippen molar-refractivity contribution in [3.63, 3.8) is 0 Å². The van der Waals surface area contributed by atoms with Crippen LogP contribution in [-0.4, -0.2) is 75.5 Å². The van der Waals surface area contributed by atoms with Crippen molar-refractivity contribution in [2.75, 3.05) is 41.0 Å². The van der Waals surface area contributed by atoms with Crippen molar-refractivity contribution in [2.45, 2.75) is 187 Å². The largest absolute Gasteiger partial charge is 0.544 e. The van der Waals surface area contributed by atoms with Crippen LogP contribution in [0.1, 0.15) is 174 Å². The van der Waals surface area contributed by atoms with Gasteiger partial charge < -0.3 is 28.6 Å². The Balaban J connectivity index is 4.36. The SMILES string of the molecule is CCCCC/C=C/C/C=C/CCCCCCCCCC(=O)OC(COCCC(C(=O)[O-])[N+](C)(C)C)COC(=O)CCCCCCCCCCC. The van der Waals surface area contributed by atoms with Crippen LogP contribution in [-0.2, 0) is 28.6 Å². The molecule has 50 heavy (non-hydrogen) atoms. The first-order valence-electron chi connectivity index (χ1n) is 20.4. The maximum absolute atomic E-state index is 12.7. The van der Waals surface area contributed by atoms with Gasteiger partial charge in [0.15, 0.2) is 6.10 Å². The molecular weight excluding hydrogens is 630 g/mol. The molecule has 2 unspecified atom stereocenters. The van der Waals surface area contributed by atoms with Crippen molar-refractivity contribution in [1.29, 1.82) is 0 Å². The van der Waals surface area contributed by atoms with Crippen LogP contribution < -0.4 is 5.11 Å². The normalized spacial score (nSPS) is 13.2. The lowest BCUT2D eigenvalue weighted by molar-refractivity contribution is -0.889. The van der Waals surface area contributed by atoms with Crippen LogP contribution in [0.25, 0.3) is 0 Å². The third-order valence-electron chi connectivity index (χ3n) is 9.09. The molecular formula is C42H77NO7. The Morgan fingerprint density at radius 1 is 0.600 bits per heavy atom. The molecule has 0 aliphatic carbocycles. The highest BCUT2D eigenvalue weighted by molar-refractivity contribution is 5.70. The molecule has 0 aliphatic rings. The van der Waals surface area contributed by atoms with Crippen molar-refractivity contribution in [3.05, 3.63) is 24.3 Å². The number of nitrogens with zero attached hydrogens (tertiary/aromatic N) is 1. The Kier molecular flexibility index (Phi) is 32.4. The number of esters is 2. The number of carbonyl (C=O) groups excluding carboxylic acids is 3. The zero-order valence-corrected chi connectivity index (χ0v) is 33.1. The van der Waals surface area contributed by atoms with E-state index in [-0.39, 0.29) is 42.7 Å². The molecule has 0 N–H and O–H groups in total. The maximum atomic E-state index is 12.7. The van der Waals surface area contributed by atoms with E-state index in [4.69, 9.17) is 14.2 Å². The smallest absolute Gasteiger partial charge is 0.306 e. The van der Waals surface area contributed by atoms with Gasteiger partial charge in [-0.15, -0.1) is 0 Å². The third-order valence-corrected chi connectivity index (χ3v) is 9.09. The summed E-state index contributed by atoms with van der Waals surface area (Å²) in [4.78, 5) is 36.6. The highest BCUT2D eigenvalue weighted by Gasteiger charge is 2.25. The number of likely N-dealkylation sites (N-methyl/N-ethyl adjacent to an activating group) is 1. The van der Waals surface area contributed by atoms with E-state index in [9.17, 15) is 19.5 Å². The number of carbonyl (C=O) groups is 3. The van der Waals surface area contributed by atoms with Gasteiger partial charge in [-0.2, -0.15) is 0 Å². The number of carboxylic acid groups (broad SMARTS) is 1. The molecule has 0 radical (unpaired) electrons. The highest BCUT2D eigenvalue weighted by atomic mass is 16.6. The Morgan fingerprint density at radius 2 is 1.06 bits per heavy atom. The molecule has 0 aliphatic heterocycles. The first-order valence-corrected chi connectivity index (χ1v) is 20.4. The minimum absolute atomic E-state index is 0.0406. The molecule has 0 rings (SSSR count). The number of allylic oxidation sites excluding steroid dienone is 4. The van der Waals surface area contributed by atoms with Gasteiger partial charge in [0, 0.05) is 19.3 Å². The summed E-state index contributed by atoms with van der Waals surface area (Å²) in [6.07, 6.45) is 34.8. The van der Waals surface area contributed by atoms with Crippen molar-refractivity contribution < 1.29 is 38.2 Å². The number of carboxylic acids is 1. The fraction of sp³-hybridized carbons (Fsp3) is 0.833. The van der Waals surface area contributed by atoms with Crippen LogP contribution in [0.3, 0.4) is 0 Å². The number of quaternary nitrogens is 1. The van der Waals surface area contributed by atoms with E-state index < -0.39 is 18.1 Å². The zero-order chi connectivity index (χ0) is 37.1. The Bertz CT molecular complexity index is 880. The summed E-state index contributed by atoms with van der Waals surface area (Å²) in [5.74, 6) is -1.74. The van der Waals surface area contributed by atoms with Gasteiger partial charge in [-0.25, -0.2) is 0 Å². The van der Waals surface area contributed by atoms with Gasteiger partial charge in [0.05, 0.1) is 40.3 Å². The lowest BCUT2D eigenvalue weighted by atomic mass is 10.1. The van der Waals surface area contributed by atoms with Gasteiger partial charge in [0.25, 0.3) is 0 Å². The second-order valence-corrected chi connectivity index (χ2v) is 14.9. The summed E-state index contributed by atoms with van der Waals surface area (Å²) >= 11 is 0. The van der Waals surface area contributed by atoms with Crippen molar-refractivity contribution in [1.82, 2.24) is 0 Å². The number of aliphatic carboxylic acids is 1. The molecule has 2 atom stereocenters. The number of hydrogen-bond donors (Lipinski definition) is 0. The van der Waals surface area contributed by atoms with Gasteiger partial charge in [0.2, 0.25) is 0 Å². The summed E-state index contributed by atoms with van der Waals surface area (Å²) in [6, 6.07) is -0.723. The quantitative estimate of drug-likeness (QED) is 0.0277. The van der Waals surface area contributed by atoms with E-state index in [0.29, 0.717) is 12.8 Å². The standard InChI is InChI=1S/C42H77NO7/c1-6-8-10-12-14-16-17-18-19-20-21-22-23-25-27-29-31-33-41(45)50-38(36-48-35-34-39(42(46)47)43(3,4)5)37-49-40(44)32-30-28-26-24-15-13-11-9-7-2/h14,16,18-19,38-39H,6-13,15,17,20-37H2,1-5H3/b16-14+,19-18+. The van der Waals surface area contributed by atoms with E-state index in [0.717, 1.165) is 51.4 Å². The average molecular weight is 708 g/mol. The summed E-state index contributed by atoms with van der Waals surface area (Å²) < 4.78 is 17.1. The van der Waals surface area contributed by atoms with E-state index >= 15 is 0 Å². The van der Waals surface area contributed by atoms with E-state index in [1.807, 2.05) is 0 Å². The topological polar surface area (TPSA) is 102 Å². The van der Waals surface area contributed by atoms with E-state index in [1.54, 1.807) is 21.1 Å². The summed E-state index contributed by atoms with van der Waals surface area (Å²) in [7, 11) is 5.40. The Morgan fingerprint density at radius 3 is 1.58 bits per heavy atom. The van der Waals surface area contributed by atoms with Gasteiger partial charge in [-0.3, -0.25) is 9.59 Å². The molecule has 0 bridgehead atoms. The van der Waals surface area contributed by atoms with Crippen molar-refractivity contribution >= 4 is 17.9 Å². The predicted octanol–water partition coefficient (Wildman–Crippen LogP) is 9.19. The number of rotatable bonds is 36. The van der Waals surface area contributed by atoms with E-state index in [1.165, 1.54) is 89.9 Å². The van der Waals surface area contributed by atoms with Gasteiger partial charge in [0.1, 0.15) is 12.6 Å². The Labute approximate surface area is 307 Å². The fourth-order valence-corrected chi connectivity index (χ4v) is 5.86.